The van der Waals surface area contributed by atoms with Crippen molar-refractivity contribution in [3.8, 4) is 0 Å². The van der Waals surface area contributed by atoms with Gasteiger partial charge in [0.2, 0.25) is 0 Å². The van der Waals surface area contributed by atoms with Gasteiger partial charge in [-0.25, -0.2) is 0 Å². The highest BCUT2D eigenvalue weighted by molar-refractivity contribution is 5.85. The van der Waals surface area contributed by atoms with Gasteiger partial charge in [0.25, 0.3) is 0 Å². The van der Waals surface area contributed by atoms with E-state index in [-0.39, 0.29) is 16.7 Å². The van der Waals surface area contributed by atoms with Crippen molar-refractivity contribution < 1.29 is 4.79 Å². The zero-order valence-electron chi connectivity index (χ0n) is 12.5. The van der Waals surface area contributed by atoms with Crippen LogP contribution in [0, 0.1) is 16.7 Å². The first kappa shape index (κ1) is 18.0. The molecular weight excluding hydrogens is 198 g/mol. The molecule has 0 aliphatic carbocycles. The Morgan fingerprint density at radius 1 is 1.12 bits per heavy atom. The molecule has 0 aliphatic heterocycles. The molecule has 0 amide bonds. The summed E-state index contributed by atoms with van der Waals surface area (Å²) in [7, 11) is 0. The third-order valence-electron chi connectivity index (χ3n) is 2.66. The molecule has 0 atom stereocenters. The molecule has 2 heteroatoms. The third-order valence-corrected chi connectivity index (χ3v) is 2.66. The molecule has 0 aromatic heterocycles. The SMILES string of the molecule is CC.CC(C)C(=O)C(C)(C)CC(C)(C)CN. The molecule has 0 spiro atoms. The number of carbonyl (C=O) groups excluding carboxylic acids is 1. The summed E-state index contributed by atoms with van der Waals surface area (Å²) in [5.41, 5.74) is 5.48. The smallest absolute Gasteiger partial charge is 0.141 e. The van der Waals surface area contributed by atoms with Gasteiger partial charge in [0.1, 0.15) is 5.78 Å². The van der Waals surface area contributed by atoms with Gasteiger partial charge in [-0.2, -0.15) is 0 Å². The van der Waals surface area contributed by atoms with Crippen LogP contribution in [0.5, 0.6) is 0 Å². The number of rotatable bonds is 5. The normalized spacial score (nSPS) is 12.1. The van der Waals surface area contributed by atoms with Gasteiger partial charge in [0, 0.05) is 11.3 Å². The quantitative estimate of drug-likeness (QED) is 0.782. The van der Waals surface area contributed by atoms with Crippen molar-refractivity contribution in [1.82, 2.24) is 0 Å². The van der Waals surface area contributed by atoms with Crippen molar-refractivity contribution in [3.05, 3.63) is 0 Å². The summed E-state index contributed by atoms with van der Waals surface area (Å²) < 4.78 is 0. The first-order valence-electron chi connectivity index (χ1n) is 6.37. The molecule has 98 valence electrons. The molecule has 0 aromatic carbocycles. The highest BCUT2D eigenvalue weighted by Crippen LogP contribution is 2.35. The van der Waals surface area contributed by atoms with E-state index >= 15 is 0 Å². The molecule has 0 bridgehead atoms. The average Bonchev–Trinajstić information content (AvgIpc) is 2.18. The Hall–Kier alpha value is -0.370. The standard InChI is InChI=1S/C12H25NO.C2H6/c1-9(2)10(14)12(5,6)7-11(3,4)8-13;1-2/h9H,7-8,13H2,1-6H3;1-2H3. The van der Waals surface area contributed by atoms with Gasteiger partial charge in [0.05, 0.1) is 0 Å². The number of ketones is 1. The van der Waals surface area contributed by atoms with Crippen LogP contribution >= 0.6 is 0 Å². The van der Waals surface area contributed by atoms with E-state index in [1.165, 1.54) is 0 Å². The maximum Gasteiger partial charge on any atom is 0.141 e. The molecule has 0 fully saturated rings. The highest BCUT2D eigenvalue weighted by atomic mass is 16.1. The Morgan fingerprint density at radius 2 is 1.50 bits per heavy atom. The molecule has 2 N–H and O–H groups in total. The first-order valence-corrected chi connectivity index (χ1v) is 6.37. The fourth-order valence-electron chi connectivity index (χ4n) is 2.14. The van der Waals surface area contributed by atoms with Crippen molar-refractivity contribution in [1.29, 1.82) is 0 Å². The number of Topliss-reactive ketones (excluding diaryl/α,β-unsaturated/α-hetero) is 1. The highest BCUT2D eigenvalue weighted by Gasteiger charge is 2.34. The summed E-state index contributed by atoms with van der Waals surface area (Å²) in [6.45, 7) is 16.8. The van der Waals surface area contributed by atoms with E-state index in [9.17, 15) is 4.79 Å². The zero-order valence-corrected chi connectivity index (χ0v) is 12.5. The molecule has 0 aliphatic rings. The topological polar surface area (TPSA) is 43.1 Å². The predicted molar refractivity (Wildman–Crippen MR) is 72.4 cm³/mol. The molecule has 0 saturated heterocycles. The zero-order chi connectivity index (χ0) is 13.6. The van der Waals surface area contributed by atoms with Gasteiger partial charge in [-0.3, -0.25) is 4.79 Å². The second-order valence-corrected chi connectivity index (χ2v) is 5.95. The molecular formula is C14H31NO. The lowest BCUT2D eigenvalue weighted by molar-refractivity contribution is -0.131. The monoisotopic (exact) mass is 229 g/mol. The van der Waals surface area contributed by atoms with Gasteiger partial charge in [-0.05, 0) is 18.4 Å². The number of nitrogens with two attached hydrogens (primary N) is 1. The van der Waals surface area contributed by atoms with E-state index in [1.807, 2.05) is 41.5 Å². The van der Waals surface area contributed by atoms with Crippen molar-refractivity contribution in [2.75, 3.05) is 6.54 Å². The second-order valence-electron chi connectivity index (χ2n) is 5.95. The van der Waals surface area contributed by atoms with Crippen LogP contribution in [0.25, 0.3) is 0 Å². The van der Waals surface area contributed by atoms with Crippen LogP contribution in [0.1, 0.15) is 61.8 Å². The maximum atomic E-state index is 11.9. The van der Waals surface area contributed by atoms with Crippen LogP contribution in [0.15, 0.2) is 0 Å². The van der Waals surface area contributed by atoms with Gasteiger partial charge < -0.3 is 5.73 Å². The lowest BCUT2D eigenvalue weighted by atomic mass is 9.70. The predicted octanol–water partition coefficient (Wildman–Crippen LogP) is 3.64. The molecule has 2 nitrogen and oxygen atoms in total. The van der Waals surface area contributed by atoms with Crippen LogP contribution in [0.4, 0.5) is 0 Å². The largest absolute Gasteiger partial charge is 0.330 e. The van der Waals surface area contributed by atoms with Gasteiger partial charge in [-0.15, -0.1) is 0 Å². The number of carbonyl (C=O) groups is 1. The van der Waals surface area contributed by atoms with Crippen molar-refractivity contribution >= 4 is 5.78 Å². The fraction of sp³-hybridized carbons (Fsp3) is 0.929. The number of hydrogen-bond acceptors (Lipinski definition) is 2. The summed E-state index contributed by atoms with van der Waals surface area (Å²) in [5.74, 6) is 0.442. The van der Waals surface area contributed by atoms with Crippen LogP contribution in [0.2, 0.25) is 0 Å². The summed E-state index contributed by atoms with van der Waals surface area (Å²) in [5, 5.41) is 0. The van der Waals surface area contributed by atoms with E-state index in [1.54, 1.807) is 0 Å². The van der Waals surface area contributed by atoms with E-state index in [0.29, 0.717) is 12.3 Å². The molecule has 0 radical (unpaired) electrons. The van der Waals surface area contributed by atoms with Crippen molar-refractivity contribution in [3.63, 3.8) is 0 Å². The lowest BCUT2D eigenvalue weighted by Gasteiger charge is -2.34. The van der Waals surface area contributed by atoms with E-state index < -0.39 is 0 Å². The van der Waals surface area contributed by atoms with Gasteiger partial charge in [0.15, 0.2) is 0 Å². The first-order chi connectivity index (χ1) is 7.12. The van der Waals surface area contributed by atoms with Crippen molar-refractivity contribution in [2.45, 2.75) is 61.8 Å². The lowest BCUT2D eigenvalue weighted by Crippen LogP contribution is -2.36. The van der Waals surface area contributed by atoms with E-state index in [2.05, 4.69) is 13.8 Å². The van der Waals surface area contributed by atoms with Crippen LogP contribution < -0.4 is 5.73 Å². The minimum Gasteiger partial charge on any atom is -0.330 e. The van der Waals surface area contributed by atoms with E-state index in [4.69, 9.17) is 5.73 Å². The molecule has 0 heterocycles. The van der Waals surface area contributed by atoms with E-state index in [0.717, 1.165) is 6.42 Å². The Bertz CT molecular complexity index is 205. The Balaban J connectivity index is 0. The fourth-order valence-corrected chi connectivity index (χ4v) is 2.14. The average molecular weight is 229 g/mol. The molecule has 0 rings (SSSR count). The molecule has 0 aromatic rings. The molecule has 16 heavy (non-hydrogen) atoms. The van der Waals surface area contributed by atoms with Crippen LogP contribution in [-0.2, 0) is 4.79 Å². The van der Waals surface area contributed by atoms with Crippen molar-refractivity contribution in [2.24, 2.45) is 22.5 Å². The van der Waals surface area contributed by atoms with Gasteiger partial charge >= 0.3 is 0 Å². The van der Waals surface area contributed by atoms with Crippen LogP contribution in [-0.4, -0.2) is 12.3 Å². The Morgan fingerprint density at radius 3 is 1.75 bits per heavy atom. The van der Waals surface area contributed by atoms with Crippen LogP contribution in [0.3, 0.4) is 0 Å². The maximum absolute atomic E-state index is 11.9. The van der Waals surface area contributed by atoms with Gasteiger partial charge in [-0.1, -0.05) is 55.4 Å². The summed E-state index contributed by atoms with van der Waals surface area (Å²) in [6, 6.07) is 0. The number of hydrogen-bond donors (Lipinski definition) is 1. The second kappa shape index (κ2) is 7.05. The third kappa shape index (κ3) is 6.26. The Labute approximate surface area is 102 Å². The summed E-state index contributed by atoms with van der Waals surface area (Å²) in [4.78, 5) is 11.9. The Kier molecular flexibility index (Phi) is 7.94. The minimum absolute atomic E-state index is 0.0497. The molecule has 0 saturated carbocycles. The minimum atomic E-state index is -0.253. The summed E-state index contributed by atoms with van der Waals surface area (Å²) >= 11 is 0. The molecule has 0 unspecified atom stereocenters. The summed E-state index contributed by atoms with van der Waals surface area (Å²) in [6.07, 6.45) is 0.855.